The highest BCUT2D eigenvalue weighted by molar-refractivity contribution is 5.78. The van der Waals surface area contributed by atoms with Gasteiger partial charge in [0.15, 0.2) is 5.75 Å². The summed E-state index contributed by atoms with van der Waals surface area (Å²) in [6.45, 7) is 1.72. The predicted octanol–water partition coefficient (Wildman–Crippen LogP) is 2.01. The van der Waals surface area contributed by atoms with Crippen LogP contribution >= 0.6 is 0 Å². The molecule has 1 saturated carbocycles. The fraction of sp³-hybridized carbons (Fsp3) is 0.500. The number of nitrogens with zero attached hydrogens (tertiary/aromatic N) is 1. The molecular formula is C14H18N2O5. The fourth-order valence-electron chi connectivity index (χ4n) is 2.65. The van der Waals surface area contributed by atoms with E-state index in [4.69, 9.17) is 10.5 Å². The molecule has 1 aromatic carbocycles. The lowest BCUT2D eigenvalue weighted by Crippen LogP contribution is -2.53. The van der Waals surface area contributed by atoms with Gasteiger partial charge in [0.25, 0.3) is 0 Å². The van der Waals surface area contributed by atoms with Crippen LogP contribution in [0.5, 0.6) is 5.75 Å². The van der Waals surface area contributed by atoms with Gasteiger partial charge in [-0.15, -0.1) is 0 Å². The van der Waals surface area contributed by atoms with Crippen LogP contribution in [0, 0.1) is 17.0 Å². The zero-order valence-corrected chi connectivity index (χ0v) is 11.7. The molecule has 0 saturated heterocycles. The summed E-state index contributed by atoms with van der Waals surface area (Å²) in [7, 11) is 0. The summed E-state index contributed by atoms with van der Waals surface area (Å²) in [6.07, 6.45) is 1.36. The lowest BCUT2D eigenvalue weighted by atomic mass is 9.81. The van der Waals surface area contributed by atoms with E-state index in [0.717, 1.165) is 0 Å². The van der Waals surface area contributed by atoms with Crippen LogP contribution < -0.4 is 10.5 Å². The second-order valence-electron chi connectivity index (χ2n) is 5.48. The van der Waals surface area contributed by atoms with E-state index in [-0.39, 0.29) is 17.9 Å². The van der Waals surface area contributed by atoms with Gasteiger partial charge in [0.2, 0.25) is 0 Å². The Morgan fingerprint density at radius 1 is 1.57 bits per heavy atom. The van der Waals surface area contributed by atoms with E-state index in [1.54, 1.807) is 19.1 Å². The van der Waals surface area contributed by atoms with E-state index >= 15 is 0 Å². The van der Waals surface area contributed by atoms with E-state index < -0.39 is 22.5 Å². The van der Waals surface area contributed by atoms with Gasteiger partial charge < -0.3 is 15.6 Å². The number of carbonyl (C=O) groups is 1. The van der Waals surface area contributed by atoms with Crippen molar-refractivity contribution in [3.05, 3.63) is 33.9 Å². The predicted molar refractivity (Wildman–Crippen MR) is 75.3 cm³/mol. The van der Waals surface area contributed by atoms with Crippen molar-refractivity contribution in [3.8, 4) is 5.75 Å². The summed E-state index contributed by atoms with van der Waals surface area (Å²) in [6, 6.07) is 4.68. The van der Waals surface area contributed by atoms with Crippen LogP contribution in [0.25, 0.3) is 0 Å². The summed E-state index contributed by atoms with van der Waals surface area (Å²) < 4.78 is 5.74. The van der Waals surface area contributed by atoms with E-state index in [0.29, 0.717) is 24.8 Å². The highest BCUT2D eigenvalue weighted by Gasteiger charge is 2.40. The van der Waals surface area contributed by atoms with E-state index in [1.807, 2.05) is 0 Å². The standard InChI is InChI=1S/C14H18N2O5/c1-9-4-2-6-11(16(19)20)12(9)21-10-5-3-7-14(15,8-10)13(17)18/h2,4,6,10H,3,5,7-8,15H2,1H3,(H,17,18). The number of hydrogen-bond acceptors (Lipinski definition) is 5. The third kappa shape index (κ3) is 3.13. The van der Waals surface area contributed by atoms with Gasteiger partial charge in [-0.25, -0.2) is 0 Å². The summed E-state index contributed by atoms with van der Waals surface area (Å²) in [4.78, 5) is 21.8. The zero-order chi connectivity index (χ0) is 15.6. The molecule has 2 rings (SSSR count). The van der Waals surface area contributed by atoms with Gasteiger partial charge >= 0.3 is 11.7 Å². The van der Waals surface area contributed by atoms with Crippen LogP contribution in [-0.2, 0) is 4.79 Å². The smallest absolute Gasteiger partial charge is 0.323 e. The number of ether oxygens (including phenoxy) is 1. The number of nitro groups is 1. The molecule has 0 bridgehead atoms. The molecule has 1 aromatic rings. The average molecular weight is 294 g/mol. The number of para-hydroxylation sites is 1. The number of aryl methyl sites for hydroxylation is 1. The number of nitro benzene ring substituents is 1. The molecule has 1 aliphatic carbocycles. The Balaban J connectivity index is 2.23. The van der Waals surface area contributed by atoms with Gasteiger partial charge in [-0.1, -0.05) is 12.1 Å². The molecule has 2 atom stereocenters. The topological polar surface area (TPSA) is 116 Å². The van der Waals surface area contributed by atoms with Crippen LogP contribution in [-0.4, -0.2) is 27.6 Å². The summed E-state index contributed by atoms with van der Waals surface area (Å²) in [5.41, 5.74) is 5.08. The van der Waals surface area contributed by atoms with Crippen molar-refractivity contribution in [2.45, 2.75) is 44.2 Å². The minimum absolute atomic E-state index is 0.112. The highest BCUT2D eigenvalue weighted by atomic mass is 16.6. The molecule has 1 aliphatic rings. The Kier molecular flexibility index (Phi) is 4.13. The maximum Gasteiger partial charge on any atom is 0.323 e. The van der Waals surface area contributed by atoms with Crippen molar-refractivity contribution in [1.29, 1.82) is 0 Å². The fourth-order valence-corrected chi connectivity index (χ4v) is 2.65. The third-order valence-electron chi connectivity index (χ3n) is 3.84. The first kappa shape index (κ1) is 15.2. The first-order valence-electron chi connectivity index (χ1n) is 6.76. The Labute approximate surface area is 121 Å². The minimum Gasteiger partial charge on any atom is -0.483 e. The van der Waals surface area contributed by atoms with Crippen molar-refractivity contribution in [3.63, 3.8) is 0 Å². The summed E-state index contributed by atoms with van der Waals surface area (Å²) in [5.74, 6) is -0.864. The van der Waals surface area contributed by atoms with Gasteiger partial charge in [-0.3, -0.25) is 14.9 Å². The molecule has 0 amide bonds. The molecule has 7 heteroatoms. The Morgan fingerprint density at radius 3 is 2.90 bits per heavy atom. The molecule has 1 fully saturated rings. The molecule has 0 spiro atoms. The Morgan fingerprint density at radius 2 is 2.29 bits per heavy atom. The quantitative estimate of drug-likeness (QED) is 0.648. The van der Waals surface area contributed by atoms with Gasteiger partial charge in [0, 0.05) is 12.5 Å². The van der Waals surface area contributed by atoms with Gasteiger partial charge in [-0.2, -0.15) is 0 Å². The monoisotopic (exact) mass is 294 g/mol. The molecule has 0 radical (unpaired) electrons. The summed E-state index contributed by atoms with van der Waals surface area (Å²) >= 11 is 0. The molecule has 3 N–H and O–H groups in total. The van der Waals surface area contributed by atoms with Crippen molar-refractivity contribution in [2.24, 2.45) is 5.73 Å². The van der Waals surface area contributed by atoms with Crippen molar-refractivity contribution < 1.29 is 19.6 Å². The number of carboxylic acid groups (broad SMARTS) is 1. The molecule has 0 heterocycles. The van der Waals surface area contributed by atoms with Crippen LogP contribution in [0.15, 0.2) is 18.2 Å². The average Bonchev–Trinajstić information content (AvgIpc) is 2.40. The maximum absolute atomic E-state index is 11.2. The lowest BCUT2D eigenvalue weighted by molar-refractivity contribution is -0.386. The van der Waals surface area contributed by atoms with Crippen LogP contribution in [0.4, 0.5) is 5.69 Å². The lowest BCUT2D eigenvalue weighted by Gasteiger charge is -2.34. The van der Waals surface area contributed by atoms with E-state index in [1.165, 1.54) is 6.07 Å². The molecule has 0 aromatic heterocycles. The number of hydrogen-bond donors (Lipinski definition) is 2. The third-order valence-corrected chi connectivity index (χ3v) is 3.84. The molecule has 2 unspecified atom stereocenters. The first-order valence-corrected chi connectivity index (χ1v) is 6.76. The van der Waals surface area contributed by atoms with Crippen molar-refractivity contribution >= 4 is 11.7 Å². The molecule has 114 valence electrons. The second-order valence-corrected chi connectivity index (χ2v) is 5.48. The van der Waals surface area contributed by atoms with Crippen LogP contribution in [0.2, 0.25) is 0 Å². The molecule has 21 heavy (non-hydrogen) atoms. The van der Waals surface area contributed by atoms with Crippen molar-refractivity contribution in [2.75, 3.05) is 0 Å². The first-order chi connectivity index (χ1) is 9.83. The maximum atomic E-state index is 11.2. The normalized spacial score (nSPS) is 25.3. The number of carboxylic acids is 1. The van der Waals surface area contributed by atoms with Gasteiger partial charge in [0.05, 0.1) is 4.92 Å². The highest BCUT2D eigenvalue weighted by Crippen LogP contribution is 2.35. The number of nitrogens with two attached hydrogens (primary N) is 1. The van der Waals surface area contributed by atoms with Gasteiger partial charge in [0.1, 0.15) is 11.6 Å². The SMILES string of the molecule is Cc1cccc([N+](=O)[O-])c1OC1CCCC(N)(C(=O)O)C1. The van der Waals surface area contributed by atoms with E-state index in [9.17, 15) is 20.0 Å². The van der Waals surface area contributed by atoms with Crippen molar-refractivity contribution in [1.82, 2.24) is 0 Å². The van der Waals surface area contributed by atoms with Crippen LogP contribution in [0.3, 0.4) is 0 Å². The summed E-state index contributed by atoms with van der Waals surface area (Å²) in [5, 5.41) is 20.2. The van der Waals surface area contributed by atoms with Gasteiger partial charge in [-0.05, 0) is 31.7 Å². The largest absolute Gasteiger partial charge is 0.483 e. The second kappa shape index (κ2) is 5.69. The van der Waals surface area contributed by atoms with E-state index in [2.05, 4.69) is 0 Å². The Hall–Kier alpha value is -2.15. The number of rotatable bonds is 4. The number of benzene rings is 1. The van der Waals surface area contributed by atoms with Crippen LogP contribution in [0.1, 0.15) is 31.2 Å². The Bertz CT molecular complexity index is 574. The molecule has 7 nitrogen and oxygen atoms in total. The zero-order valence-electron chi connectivity index (χ0n) is 11.7. The number of aliphatic carboxylic acids is 1. The molecule has 0 aliphatic heterocycles. The minimum atomic E-state index is -1.32. The molecular weight excluding hydrogens is 276 g/mol.